The van der Waals surface area contributed by atoms with E-state index in [1.807, 2.05) is 6.07 Å². The molecule has 2 unspecified atom stereocenters. The van der Waals surface area contributed by atoms with E-state index in [1.54, 1.807) is 0 Å². The second-order valence-electron chi connectivity index (χ2n) is 6.05. The van der Waals surface area contributed by atoms with Crippen LogP contribution in [0.4, 0.5) is 0 Å². The smallest absolute Gasteiger partial charge is 0.106 e. The number of ether oxygens (including phenoxy) is 1. The van der Waals surface area contributed by atoms with Gasteiger partial charge in [-0.1, -0.05) is 37.6 Å². The van der Waals surface area contributed by atoms with Crippen LogP contribution in [0.5, 0.6) is 0 Å². The van der Waals surface area contributed by atoms with Crippen molar-refractivity contribution in [1.29, 1.82) is 0 Å². The van der Waals surface area contributed by atoms with Crippen molar-refractivity contribution in [2.45, 2.75) is 44.3 Å². The molecule has 1 aliphatic carbocycles. The number of likely N-dealkylation sites (N-methyl/N-ethyl adjacent to an activating group) is 1. The zero-order valence-corrected chi connectivity index (χ0v) is 12.3. The first-order valence-electron chi connectivity index (χ1n) is 7.90. The van der Waals surface area contributed by atoms with Gasteiger partial charge in [0, 0.05) is 13.1 Å². The predicted octanol–water partition coefficient (Wildman–Crippen LogP) is 2.71. The van der Waals surface area contributed by atoms with Crippen LogP contribution in [-0.4, -0.2) is 42.4 Å². The number of hydrogen-bond donors (Lipinski definition) is 1. The van der Waals surface area contributed by atoms with Crippen LogP contribution in [0.2, 0.25) is 0 Å². The maximum absolute atomic E-state index is 10.6. The van der Waals surface area contributed by atoms with Gasteiger partial charge in [-0.05, 0) is 36.4 Å². The van der Waals surface area contributed by atoms with Gasteiger partial charge in [0.1, 0.15) is 12.2 Å². The van der Waals surface area contributed by atoms with Gasteiger partial charge in [-0.25, -0.2) is 0 Å². The summed E-state index contributed by atoms with van der Waals surface area (Å²) in [5.41, 5.74) is 2.40. The Balaban J connectivity index is 1.70. The van der Waals surface area contributed by atoms with E-state index in [-0.39, 0.29) is 6.10 Å². The van der Waals surface area contributed by atoms with E-state index in [1.165, 1.54) is 24.8 Å². The quantitative estimate of drug-likeness (QED) is 0.917. The summed E-state index contributed by atoms with van der Waals surface area (Å²) in [5, 5.41) is 10.6. The molecule has 20 heavy (non-hydrogen) atoms. The van der Waals surface area contributed by atoms with Crippen molar-refractivity contribution in [2.24, 2.45) is 0 Å². The second kappa shape index (κ2) is 6.25. The van der Waals surface area contributed by atoms with Gasteiger partial charge >= 0.3 is 0 Å². The van der Waals surface area contributed by atoms with Gasteiger partial charge in [-0.3, -0.25) is 4.90 Å². The zero-order chi connectivity index (χ0) is 13.9. The van der Waals surface area contributed by atoms with E-state index in [2.05, 4.69) is 30.0 Å². The lowest BCUT2D eigenvalue weighted by Gasteiger charge is -2.35. The molecule has 1 saturated carbocycles. The van der Waals surface area contributed by atoms with Gasteiger partial charge in [-0.15, -0.1) is 0 Å². The summed E-state index contributed by atoms with van der Waals surface area (Å²) in [5.74, 6) is 0.710. The summed E-state index contributed by atoms with van der Waals surface area (Å²) in [6.45, 7) is 5.70. The summed E-state index contributed by atoms with van der Waals surface area (Å²) in [4.78, 5) is 2.34. The predicted molar refractivity (Wildman–Crippen MR) is 79.8 cm³/mol. The molecule has 3 nitrogen and oxygen atoms in total. The van der Waals surface area contributed by atoms with E-state index in [0.29, 0.717) is 5.92 Å². The number of aliphatic hydroxyl groups excluding tert-OH is 1. The molecule has 2 fully saturated rings. The number of aliphatic hydroxyl groups is 1. The Labute approximate surface area is 121 Å². The van der Waals surface area contributed by atoms with Crippen LogP contribution in [0.1, 0.15) is 49.3 Å². The van der Waals surface area contributed by atoms with Crippen LogP contribution in [0.25, 0.3) is 0 Å². The van der Waals surface area contributed by atoms with Crippen LogP contribution in [-0.2, 0) is 4.74 Å². The lowest BCUT2D eigenvalue weighted by molar-refractivity contribution is -0.0889. The van der Waals surface area contributed by atoms with Crippen molar-refractivity contribution >= 4 is 0 Å². The van der Waals surface area contributed by atoms with Gasteiger partial charge < -0.3 is 9.84 Å². The molecule has 1 aromatic rings. The molecule has 0 radical (unpaired) electrons. The molecular formula is C17H25NO2. The normalized spacial score (nSPS) is 26.2. The molecule has 1 aliphatic heterocycles. The highest BCUT2D eigenvalue weighted by Gasteiger charge is 2.28. The molecule has 2 aliphatic rings. The van der Waals surface area contributed by atoms with Crippen LogP contribution >= 0.6 is 0 Å². The largest absolute Gasteiger partial charge is 0.386 e. The molecule has 0 amide bonds. The molecule has 3 rings (SSSR count). The van der Waals surface area contributed by atoms with E-state index >= 15 is 0 Å². The maximum atomic E-state index is 10.6. The Kier molecular flexibility index (Phi) is 4.39. The molecule has 3 heteroatoms. The van der Waals surface area contributed by atoms with Gasteiger partial charge in [0.05, 0.1) is 6.61 Å². The number of nitrogens with zero attached hydrogens (tertiary/aromatic N) is 1. The number of morpholine rings is 1. The molecule has 2 atom stereocenters. The first-order chi connectivity index (χ1) is 9.78. The van der Waals surface area contributed by atoms with Gasteiger partial charge in [0.2, 0.25) is 0 Å². The second-order valence-corrected chi connectivity index (χ2v) is 6.05. The van der Waals surface area contributed by atoms with Crippen molar-refractivity contribution in [3.05, 3.63) is 35.4 Å². The molecule has 0 aromatic heterocycles. The van der Waals surface area contributed by atoms with E-state index in [0.717, 1.165) is 31.8 Å². The zero-order valence-electron chi connectivity index (χ0n) is 12.3. The average molecular weight is 275 g/mol. The van der Waals surface area contributed by atoms with Gasteiger partial charge in [0.15, 0.2) is 0 Å². The fourth-order valence-corrected chi connectivity index (χ4v) is 3.16. The van der Waals surface area contributed by atoms with Crippen LogP contribution in [0.15, 0.2) is 24.3 Å². The maximum Gasteiger partial charge on any atom is 0.106 e. The molecule has 1 N–H and O–H groups in total. The fraction of sp³-hybridized carbons (Fsp3) is 0.647. The summed E-state index contributed by atoms with van der Waals surface area (Å²) in [6, 6.07) is 8.48. The Bertz CT molecular complexity index is 444. The van der Waals surface area contributed by atoms with Crippen molar-refractivity contribution in [2.75, 3.05) is 26.2 Å². The monoisotopic (exact) mass is 275 g/mol. The van der Waals surface area contributed by atoms with Crippen LogP contribution < -0.4 is 0 Å². The third kappa shape index (κ3) is 2.90. The lowest BCUT2D eigenvalue weighted by atomic mass is 9.79. The number of rotatable bonds is 4. The van der Waals surface area contributed by atoms with E-state index < -0.39 is 6.10 Å². The standard InChI is InChI=1S/C17H25NO2/c1-2-18-9-10-20-16(12-18)17(19)15-8-4-7-14(11-15)13-5-3-6-13/h4,7-8,11,13,16-17,19H,2-3,5-6,9-10,12H2,1H3. The number of benzene rings is 1. The highest BCUT2D eigenvalue weighted by Crippen LogP contribution is 2.37. The average Bonchev–Trinajstić information content (AvgIpc) is 2.45. The van der Waals surface area contributed by atoms with E-state index in [9.17, 15) is 5.11 Å². The fourth-order valence-electron chi connectivity index (χ4n) is 3.16. The Morgan fingerprint density at radius 1 is 1.40 bits per heavy atom. The van der Waals surface area contributed by atoms with Gasteiger partial charge in [-0.2, -0.15) is 0 Å². The summed E-state index contributed by atoms with van der Waals surface area (Å²) in [6.07, 6.45) is 3.32. The summed E-state index contributed by atoms with van der Waals surface area (Å²) >= 11 is 0. The third-order valence-electron chi connectivity index (χ3n) is 4.81. The Hall–Kier alpha value is -0.900. The molecule has 1 aromatic carbocycles. The summed E-state index contributed by atoms with van der Waals surface area (Å²) < 4.78 is 5.78. The first kappa shape index (κ1) is 14.1. The highest BCUT2D eigenvalue weighted by molar-refractivity contribution is 5.29. The molecule has 0 spiro atoms. The van der Waals surface area contributed by atoms with Crippen molar-refractivity contribution in [3.63, 3.8) is 0 Å². The summed E-state index contributed by atoms with van der Waals surface area (Å²) in [7, 11) is 0. The Morgan fingerprint density at radius 3 is 2.95 bits per heavy atom. The molecule has 1 heterocycles. The number of hydrogen-bond acceptors (Lipinski definition) is 3. The Morgan fingerprint density at radius 2 is 2.25 bits per heavy atom. The minimum Gasteiger partial charge on any atom is -0.386 e. The molecule has 110 valence electrons. The van der Waals surface area contributed by atoms with Gasteiger partial charge in [0.25, 0.3) is 0 Å². The van der Waals surface area contributed by atoms with Crippen LogP contribution in [0.3, 0.4) is 0 Å². The third-order valence-corrected chi connectivity index (χ3v) is 4.81. The first-order valence-corrected chi connectivity index (χ1v) is 7.90. The molecule has 0 bridgehead atoms. The molecular weight excluding hydrogens is 250 g/mol. The lowest BCUT2D eigenvalue weighted by Crippen LogP contribution is -2.44. The minimum absolute atomic E-state index is 0.0969. The molecule has 1 saturated heterocycles. The van der Waals surface area contributed by atoms with Crippen molar-refractivity contribution < 1.29 is 9.84 Å². The highest BCUT2D eigenvalue weighted by atomic mass is 16.5. The van der Waals surface area contributed by atoms with Crippen molar-refractivity contribution in [3.8, 4) is 0 Å². The van der Waals surface area contributed by atoms with E-state index in [4.69, 9.17) is 4.74 Å². The van der Waals surface area contributed by atoms with Crippen LogP contribution in [0, 0.1) is 0 Å². The topological polar surface area (TPSA) is 32.7 Å². The minimum atomic E-state index is -0.510. The van der Waals surface area contributed by atoms with Crippen molar-refractivity contribution in [1.82, 2.24) is 4.90 Å². The SMILES string of the molecule is CCN1CCOC(C(O)c2cccc(C3CCC3)c2)C1.